The average molecular weight is 568 g/mol. The Kier molecular flexibility index (Phi) is 6.32. The van der Waals surface area contributed by atoms with E-state index in [2.05, 4.69) is 115 Å². The monoisotopic (exact) mass is 567 g/mol. The van der Waals surface area contributed by atoms with Crippen molar-refractivity contribution in [3.63, 3.8) is 0 Å². The third kappa shape index (κ3) is 4.78. The minimum atomic E-state index is 0.689. The van der Waals surface area contributed by atoms with Crippen LogP contribution in [-0.2, 0) is 0 Å². The van der Waals surface area contributed by atoms with Gasteiger partial charge in [-0.3, -0.25) is 4.98 Å². The van der Waals surface area contributed by atoms with Gasteiger partial charge in [0.25, 0.3) is 0 Å². The number of benzene rings is 5. The highest BCUT2D eigenvalue weighted by Gasteiger charge is 2.16. The first-order valence-electron chi connectivity index (χ1n) is 14.3. The van der Waals surface area contributed by atoms with Crippen LogP contribution >= 0.6 is 11.3 Å². The maximum atomic E-state index is 5.10. The maximum Gasteiger partial charge on any atom is 0.160 e. The Balaban J connectivity index is 1.28. The summed E-state index contributed by atoms with van der Waals surface area (Å²) in [6.07, 6.45) is 1.86. The molecule has 0 aliphatic rings. The Bertz CT molecular complexity index is 2220. The summed E-state index contributed by atoms with van der Waals surface area (Å²) < 4.78 is 2.57. The molecular weight excluding hydrogens is 543 g/mol. The molecule has 0 fully saturated rings. The average Bonchev–Trinajstić information content (AvgIpc) is 3.47. The second kappa shape index (κ2) is 10.8. The van der Waals surface area contributed by atoms with Gasteiger partial charge in [0.15, 0.2) is 5.82 Å². The molecule has 3 heterocycles. The van der Waals surface area contributed by atoms with Crippen molar-refractivity contribution in [3.05, 3.63) is 152 Å². The number of hydrogen-bond acceptors (Lipinski definition) is 4. The summed E-state index contributed by atoms with van der Waals surface area (Å²) >= 11 is 1.82. The van der Waals surface area contributed by atoms with Crippen molar-refractivity contribution >= 4 is 31.5 Å². The first kappa shape index (κ1) is 25.3. The van der Waals surface area contributed by atoms with Crippen molar-refractivity contribution < 1.29 is 0 Å². The number of rotatable bonds is 5. The fourth-order valence-electron chi connectivity index (χ4n) is 5.63. The van der Waals surface area contributed by atoms with Crippen LogP contribution in [0.5, 0.6) is 0 Å². The van der Waals surface area contributed by atoms with Gasteiger partial charge in [-0.1, -0.05) is 109 Å². The highest BCUT2D eigenvalue weighted by molar-refractivity contribution is 7.25. The summed E-state index contributed by atoms with van der Waals surface area (Å²) in [6.45, 7) is 0. The minimum Gasteiger partial charge on any atom is -0.256 e. The van der Waals surface area contributed by atoms with Crippen LogP contribution in [0.2, 0.25) is 0 Å². The molecule has 4 heteroatoms. The fraction of sp³-hybridized carbons (Fsp3) is 0. The number of fused-ring (bicyclic) bond motifs is 3. The van der Waals surface area contributed by atoms with Crippen molar-refractivity contribution in [2.75, 3.05) is 0 Å². The van der Waals surface area contributed by atoms with Gasteiger partial charge in [0, 0.05) is 48.6 Å². The summed E-state index contributed by atoms with van der Waals surface area (Å²) in [7, 11) is 0. The molecule has 3 aromatic heterocycles. The predicted octanol–water partition coefficient (Wildman–Crippen LogP) is 10.6. The van der Waals surface area contributed by atoms with E-state index in [1.165, 1.54) is 31.3 Å². The van der Waals surface area contributed by atoms with E-state index in [1.54, 1.807) is 0 Å². The number of hydrogen-bond donors (Lipinski definition) is 0. The van der Waals surface area contributed by atoms with Gasteiger partial charge in [-0.25, -0.2) is 9.97 Å². The van der Waals surface area contributed by atoms with E-state index >= 15 is 0 Å². The Labute approximate surface area is 253 Å². The number of nitrogens with zero attached hydrogens (tertiary/aromatic N) is 3. The molecule has 0 unspecified atom stereocenters. The number of aromatic nitrogens is 3. The molecule has 8 rings (SSSR count). The zero-order valence-corrected chi connectivity index (χ0v) is 24.0. The zero-order chi connectivity index (χ0) is 28.6. The zero-order valence-electron chi connectivity index (χ0n) is 23.2. The van der Waals surface area contributed by atoms with Crippen molar-refractivity contribution in [3.8, 4) is 56.3 Å². The van der Waals surface area contributed by atoms with Gasteiger partial charge in [-0.15, -0.1) is 11.3 Å². The van der Waals surface area contributed by atoms with Crippen molar-refractivity contribution in [2.45, 2.75) is 0 Å². The molecule has 0 atom stereocenters. The van der Waals surface area contributed by atoms with Crippen LogP contribution in [-0.4, -0.2) is 15.0 Å². The summed E-state index contributed by atoms with van der Waals surface area (Å²) in [5, 5.41) is 2.53. The Morgan fingerprint density at radius 1 is 0.419 bits per heavy atom. The molecular formula is C39H25N3S. The molecule has 43 heavy (non-hydrogen) atoms. The maximum absolute atomic E-state index is 5.10. The van der Waals surface area contributed by atoms with E-state index in [0.717, 1.165) is 39.3 Å². The lowest BCUT2D eigenvalue weighted by atomic mass is 9.99. The molecule has 0 spiro atoms. The predicted molar refractivity (Wildman–Crippen MR) is 180 cm³/mol. The van der Waals surface area contributed by atoms with Gasteiger partial charge in [0.2, 0.25) is 0 Å². The molecule has 0 saturated carbocycles. The molecule has 5 aromatic carbocycles. The molecule has 0 saturated heterocycles. The largest absolute Gasteiger partial charge is 0.256 e. The summed E-state index contributed by atoms with van der Waals surface area (Å²) in [6, 6.07) is 50.6. The van der Waals surface area contributed by atoms with Gasteiger partial charge >= 0.3 is 0 Å². The van der Waals surface area contributed by atoms with Crippen LogP contribution in [0.15, 0.2) is 152 Å². The smallest absolute Gasteiger partial charge is 0.160 e. The normalized spacial score (nSPS) is 11.3. The molecule has 8 aromatic rings. The molecule has 3 nitrogen and oxygen atoms in total. The van der Waals surface area contributed by atoms with Crippen LogP contribution in [0.25, 0.3) is 76.5 Å². The molecule has 0 aliphatic heterocycles. The molecule has 0 bridgehead atoms. The van der Waals surface area contributed by atoms with E-state index in [1.807, 2.05) is 47.9 Å². The van der Waals surface area contributed by atoms with Crippen LogP contribution in [0.1, 0.15) is 0 Å². The molecule has 0 N–H and O–H groups in total. The van der Waals surface area contributed by atoms with Crippen molar-refractivity contribution in [2.24, 2.45) is 0 Å². The first-order valence-corrected chi connectivity index (χ1v) is 15.1. The lowest BCUT2D eigenvalue weighted by molar-refractivity contribution is 1.18. The number of thiophene rings is 1. The van der Waals surface area contributed by atoms with E-state index in [9.17, 15) is 0 Å². The van der Waals surface area contributed by atoms with Gasteiger partial charge in [-0.2, -0.15) is 0 Å². The van der Waals surface area contributed by atoms with E-state index < -0.39 is 0 Å². The second-order valence-electron chi connectivity index (χ2n) is 10.5. The fourth-order valence-corrected chi connectivity index (χ4v) is 6.72. The van der Waals surface area contributed by atoms with Gasteiger partial charge in [0.05, 0.1) is 17.1 Å². The Morgan fingerprint density at radius 3 is 1.86 bits per heavy atom. The minimum absolute atomic E-state index is 0.689. The Hall–Kier alpha value is -5.45. The second-order valence-corrected chi connectivity index (χ2v) is 11.6. The standard InChI is InChI=1S/C39H25N3S/c1-3-10-26(11-4-1)27-17-19-28(20-18-27)34-25-35(42-39(41-34)29-12-5-2-6-13-29)32-15-9-23-40-38(32)30-21-22-37-33(24-30)31-14-7-8-16-36(31)43-37/h1-25H. The van der Waals surface area contributed by atoms with Gasteiger partial charge in [0.1, 0.15) is 0 Å². The topological polar surface area (TPSA) is 38.7 Å². The highest BCUT2D eigenvalue weighted by Crippen LogP contribution is 2.38. The number of pyridine rings is 1. The third-order valence-electron chi connectivity index (χ3n) is 7.78. The van der Waals surface area contributed by atoms with Gasteiger partial charge < -0.3 is 0 Å². The SMILES string of the molecule is c1ccc(-c2ccc(-c3cc(-c4cccnc4-c4ccc5sc6ccccc6c5c4)nc(-c4ccccc4)n3)cc2)cc1. The van der Waals surface area contributed by atoms with Crippen LogP contribution in [0.4, 0.5) is 0 Å². The summed E-state index contributed by atoms with van der Waals surface area (Å²) in [5.41, 5.74) is 9.05. The van der Waals surface area contributed by atoms with Crippen LogP contribution < -0.4 is 0 Å². The molecule has 0 aliphatic carbocycles. The van der Waals surface area contributed by atoms with Crippen molar-refractivity contribution in [1.82, 2.24) is 15.0 Å². The lowest BCUT2D eigenvalue weighted by Crippen LogP contribution is -1.98. The summed E-state index contributed by atoms with van der Waals surface area (Å²) in [4.78, 5) is 15.0. The lowest BCUT2D eigenvalue weighted by Gasteiger charge is -2.13. The Morgan fingerprint density at radius 2 is 1.05 bits per heavy atom. The summed E-state index contributed by atoms with van der Waals surface area (Å²) in [5.74, 6) is 0.689. The van der Waals surface area contributed by atoms with Crippen LogP contribution in [0.3, 0.4) is 0 Å². The third-order valence-corrected chi connectivity index (χ3v) is 8.93. The van der Waals surface area contributed by atoms with E-state index in [-0.39, 0.29) is 0 Å². The molecule has 0 radical (unpaired) electrons. The quantitative estimate of drug-likeness (QED) is 0.208. The van der Waals surface area contributed by atoms with Gasteiger partial charge in [-0.05, 0) is 47.5 Å². The van der Waals surface area contributed by atoms with E-state index in [0.29, 0.717) is 5.82 Å². The highest BCUT2D eigenvalue weighted by atomic mass is 32.1. The molecule has 0 amide bonds. The molecule has 202 valence electrons. The van der Waals surface area contributed by atoms with Crippen LogP contribution in [0, 0.1) is 0 Å². The van der Waals surface area contributed by atoms with E-state index in [4.69, 9.17) is 15.0 Å². The first-order chi connectivity index (χ1) is 21.3. The van der Waals surface area contributed by atoms with Crippen molar-refractivity contribution in [1.29, 1.82) is 0 Å².